The minimum atomic E-state index is -0.207. The summed E-state index contributed by atoms with van der Waals surface area (Å²) in [7, 11) is 1.56. The highest BCUT2D eigenvalue weighted by atomic mass is 35.5. The first-order valence-electron chi connectivity index (χ1n) is 9.67. The van der Waals surface area contributed by atoms with E-state index in [0.29, 0.717) is 27.1 Å². The van der Waals surface area contributed by atoms with E-state index in [4.69, 9.17) is 32.7 Å². The van der Waals surface area contributed by atoms with E-state index in [1.807, 2.05) is 38.1 Å². The second kappa shape index (κ2) is 10.4. The average molecular weight is 456 g/mol. The maximum absolute atomic E-state index is 12.3. The Morgan fingerprint density at radius 3 is 2.45 bits per heavy atom. The number of amides is 1. The molecule has 0 aliphatic heterocycles. The third-order valence-electron chi connectivity index (χ3n) is 4.70. The van der Waals surface area contributed by atoms with Crippen LogP contribution >= 0.6 is 23.2 Å². The van der Waals surface area contributed by atoms with E-state index in [2.05, 4.69) is 5.32 Å². The Morgan fingerprint density at radius 2 is 1.74 bits per heavy atom. The third-order valence-corrected chi connectivity index (χ3v) is 5.41. The summed E-state index contributed by atoms with van der Waals surface area (Å²) in [6.45, 7) is 4.15. The molecule has 160 valence electrons. The van der Waals surface area contributed by atoms with Gasteiger partial charge in [-0.1, -0.05) is 47.5 Å². The van der Waals surface area contributed by atoms with Crippen molar-refractivity contribution in [3.8, 4) is 11.5 Å². The lowest BCUT2D eigenvalue weighted by atomic mass is 10.1. The van der Waals surface area contributed by atoms with Crippen molar-refractivity contribution < 1.29 is 14.3 Å². The van der Waals surface area contributed by atoms with Crippen LogP contribution < -0.4 is 14.8 Å². The van der Waals surface area contributed by atoms with E-state index >= 15 is 0 Å². The maximum atomic E-state index is 12.3. The third kappa shape index (κ3) is 6.03. The molecule has 1 amide bonds. The fourth-order valence-electron chi connectivity index (χ4n) is 2.94. The minimum absolute atomic E-state index is 0.207. The maximum Gasteiger partial charge on any atom is 0.248 e. The minimum Gasteiger partial charge on any atom is -0.493 e. The first-order chi connectivity index (χ1) is 14.9. The Labute approximate surface area is 192 Å². The lowest BCUT2D eigenvalue weighted by molar-refractivity contribution is -0.111. The second-order valence-electron chi connectivity index (χ2n) is 7.04. The van der Waals surface area contributed by atoms with Gasteiger partial charge in [-0.3, -0.25) is 4.79 Å². The highest BCUT2D eigenvalue weighted by Gasteiger charge is 2.10. The summed E-state index contributed by atoms with van der Waals surface area (Å²) in [6.07, 6.45) is 3.21. The normalized spacial score (nSPS) is 10.9. The van der Waals surface area contributed by atoms with Crippen molar-refractivity contribution in [3.63, 3.8) is 0 Å². The zero-order chi connectivity index (χ0) is 22.4. The quantitative estimate of drug-likeness (QED) is 0.396. The summed E-state index contributed by atoms with van der Waals surface area (Å²) in [6, 6.07) is 16.7. The summed E-state index contributed by atoms with van der Waals surface area (Å²) in [4.78, 5) is 12.3. The van der Waals surface area contributed by atoms with E-state index < -0.39 is 0 Å². The van der Waals surface area contributed by atoms with Gasteiger partial charge < -0.3 is 14.8 Å². The van der Waals surface area contributed by atoms with E-state index in [0.717, 1.165) is 22.4 Å². The Bertz CT molecular complexity index is 1110. The SMILES string of the molecule is COc1cc(C=CC(=O)Nc2cc(C)ccc2C)ccc1OCc1c(Cl)cccc1Cl. The number of methoxy groups -OCH3 is 1. The number of hydrogen-bond acceptors (Lipinski definition) is 3. The molecule has 3 aromatic carbocycles. The van der Waals surface area contributed by atoms with Gasteiger partial charge in [0.05, 0.1) is 7.11 Å². The van der Waals surface area contributed by atoms with Crippen LogP contribution in [-0.4, -0.2) is 13.0 Å². The molecule has 6 heteroatoms. The van der Waals surface area contributed by atoms with Gasteiger partial charge in [0, 0.05) is 27.4 Å². The molecule has 0 atom stereocenters. The Hall–Kier alpha value is -2.95. The van der Waals surface area contributed by atoms with E-state index in [1.165, 1.54) is 6.08 Å². The zero-order valence-electron chi connectivity index (χ0n) is 17.5. The predicted molar refractivity (Wildman–Crippen MR) is 127 cm³/mol. The Kier molecular flexibility index (Phi) is 7.61. The number of nitrogens with one attached hydrogen (secondary N) is 1. The standard InChI is InChI=1S/C25H23Cl2NO3/c1-16-7-8-17(2)22(13-16)28-25(29)12-10-18-9-11-23(24(14-18)30-3)31-15-19-20(26)5-4-6-21(19)27/h4-14H,15H2,1-3H3,(H,28,29). The first-order valence-corrected chi connectivity index (χ1v) is 10.4. The van der Waals surface area contributed by atoms with Gasteiger partial charge in [-0.05, 0) is 66.9 Å². The number of hydrogen-bond donors (Lipinski definition) is 1. The molecule has 0 bridgehead atoms. The molecule has 3 rings (SSSR count). The van der Waals surface area contributed by atoms with Gasteiger partial charge in [0.1, 0.15) is 6.61 Å². The molecule has 0 aromatic heterocycles. The van der Waals surface area contributed by atoms with Crippen LogP contribution in [0.4, 0.5) is 5.69 Å². The Balaban J connectivity index is 1.69. The van der Waals surface area contributed by atoms with E-state index in [9.17, 15) is 4.79 Å². The van der Waals surface area contributed by atoms with Gasteiger partial charge >= 0.3 is 0 Å². The van der Waals surface area contributed by atoms with Crippen LogP contribution in [0.25, 0.3) is 6.08 Å². The molecule has 0 spiro atoms. The van der Waals surface area contributed by atoms with E-state index in [-0.39, 0.29) is 12.5 Å². The lowest BCUT2D eigenvalue weighted by Crippen LogP contribution is -2.09. The van der Waals surface area contributed by atoms with Crippen molar-refractivity contribution in [2.24, 2.45) is 0 Å². The van der Waals surface area contributed by atoms with Crippen molar-refractivity contribution >= 4 is 40.9 Å². The molecule has 0 unspecified atom stereocenters. The van der Waals surface area contributed by atoms with Crippen molar-refractivity contribution in [1.82, 2.24) is 0 Å². The zero-order valence-corrected chi connectivity index (χ0v) is 19.1. The topological polar surface area (TPSA) is 47.6 Å². The molecule has 1 N–H and O–H groups in total. The summed E-state index contributed by atoms with van der Waals surface area (Å²) in [5.74, 6) is 0.886. The monoisotopic (exact) mass is 455 g/mol. The molecule has 0 fully saturated rings. The van der Waals surface area contributed by atoms with Crippen LogP contribution in [0.15, 0.2) is 60.7 Å². The number of rotatable bonds is 7. The van der Waals surface area contributed by atoms with Crippen LogP contribution in [0.1, 0.15) is 22.3 Å². The first kappa shape index (κ1) is 22.7. The lowest BCUT2D eigenvalue weighted by Gasteiger charge is -2.13. The molecule has 0 saturated heterocycles. The van der Waals surface area contributed by atoms with Crippen molar-refractivity contribution in [3.05, 3.63) is 93.0 Å². The average Bonchev–Trinajstić information content (AvgIpc) is 2.75. The van der Waals surface area contributed by atoms with Crippen molar-refractivity contribution in [2.75, 3.05) is 12.4 Å². The molecule has 4 nitrogen and oxygen atoms in total. The number of benzene rings is 3. The number of anilines is 1. The number of carbonyl (C=O) groups is 1. The van der Waals surface area contributed by atoms with Crippen molar-refractivity contribution in [1.29, 1.82) is 0 Å². The number of aryl methyl sites for hydroxylation is 2. The summed E-state index contributed by atoms with van der Waals surface area (Å²) < 4.78 is 11.3. The van der Waals surface area contributed by atoms with Gasteiger partial charge in [-0.25, -0.2) is 0 Å². The number of ether oxygens (including phenoxy) is 2. The van der Waals surface area contributed by atoms with Gasteiger partial charge in [-0.15, -0.1) is 0 Å². The highest BCUT2D eigenvalue weighted by molar-refractivity contribution is 6.35. The highest BCUT2D eigenvalue weighted by Crippen LogP contribution is 2.31. The summed E-state index contributed by atoms with van der Waals surface area (Å²) in [5.41, 5.74) is 4.41. The molecule has 0 aliphatic rings. The second-order valence-corrected chi connectivity index (χ2v) is 7.85. The molecule has 31 heavy (non-hydrogen) atoms. The predicted octanol–water partition coefficient (Wildman–Crippen LogP) is 6.85. The molecule has 0 radical (unpaired) electrons. The fourth-order valence-corrected chi connectivity index (χ4v) is 3.45. The van der Waals surface area contributed by atoms with Crippen LogP contribution in [-0.2, 0) is 11.4 Å². The van der Waals surface area contributed by atoms with Gasteiger partial charge in [0.15, 0.2) is 11.5 Å². The Morgan fingerprint density at radius 1 is 1.00 bits per heavy atom. The molecule has 0 aliphatic carbocycles. The molecule has 0 heterocycles. The molecule has 0 saturated carbocycles. The number of carbonyl (C=O) groups excluding carboxylic acids is 1. The summed E-state index contributed by atoms with van der Waals surface area (Å²) in [5, 5.41) is 3.99. The number of halogens is 2. The van der Waals surface area contributed by atoms with Gasteiger partial charge in [0.25, 0.3) is 0 Å². The van der Waals surface area contributed by atoms with Crippen molar-refractivity contribution in [2.45, 2.75) is 20.5 Å². The molecule has 3 aromatic rings. The van der Waals surface area contributed by atoms with Crippen LogP contribution in [0.5, 0.6) is 11.5 Å². The van der Waals surface area contributed by atoms with E-state index in [1.54, 1.807) is 43.5 Å². The van der Waals surface area contributed by atoms with Gasteiger partial charge in [-0.2, -0.15) is 0 Å². The molecular weight excluding hydrogens is 433 g/mol. The summed E-state index contributed by atoms with van der Waals surface area (Å²) >= 11 is 12.4. The van der Waals surface area contributed by atoms with Crippen LogP contribution in [0.2, 0.25) is 10.0 Å². The van der Waals surface area contributed by atoms with Crippen LogP contribution in [0, 0.1) is 13.8 Å². The van der Waals surface area contributed by atoms with Gasteiger partial charge in [0.2, 0.25) is 5.91 Å². The molecular formula is C25H23Cl2NO3. The fraction of sp³-hybridized carbons (Fsp3) is 0.160. The largest absolute Gasteiger partial charge is 0.493 e. The van der Waals surface area contributed by atoms with Crippen LogP contribution in [0.3, 0.4) is 0 Å². The smallest absolute Gasteiger partial charge is 0.248 e.